The summed E-state index contributed by atoms with van der Waals surface area (Å²) in [4.78, 5) is 35.2. The second kappa shape index (κ2) is 9.30. The molecule has 1 saturated heterocycles. The molecule has 138 valence electrons. The monoisotopic (exact) mass is 358 g/mol. The summed E-state index contributed by atoms with van der Waals surface area (Å²) in [5.74, 6) is 0.881. The van der Waals surface area contributed by atoms with Gasteiger partial charge in [0.2, 0.25) is 11.8 Å². The molecular formula is C17H30N2O4S. The van der Waals surface area contributed by atoms with Crippen LogP contribution in [0.25, 0.3) is 0 Å². The van der Waals surface area contributed by atoms with Crippen molar-refractivity contribution in [3.05, 3.63) is 0 Å². The summed E-state index contributed by atoms with van der Waals surface area (Å²) in [6.07, 6.45) is 1.78. The third-order valence-corrected chi connectivity index (χ3v) is 4.45. The first-order chi connectivity index (χ1) is 11.1. The van der Waals surface area contributed by atoms with Gasteiger partial charge in [-0.1, -0.05) is 13.8 Å². The average molecular weight is 359 g/mol. The maximum absolute atomic E-state index is 12.2. The summed E-state index contributed by atoms with van der Waals surface area (Å²) in [7, 11) is 0. The van der Waals surface area contributed by atoms with E-state index in [1.807, 2.05) is 20.8 Å². The molecule has 2 atom stereocenters. The second-order valence-electron chi connectivity index (χ2n) is 7.60. The highest BCUT2D eigenvalue weighted by atomic mass is 32.2. The average Bonchev–Trinajstić information content (AvgIpc) is 2.82. The van der Waals surface area contributed by atoms with Crippen LogP contribution in [-0.4, -0.2) is 47.0 Å². The zero-order chi connectivity index (χ0) is 18.3. The molecule has 0 unspecified atom stereocenters. The van der Waals surface area contributed by atoms with Crippen LogP contribution in [0.4, 0.5) is 0 Å². The first kappa shape index (κ1) is 20.8. The Morgan fingerprint density at radius 1 is 1.38 bits per heavy atom. The van der Waals surface area contributed by atoms with Crippen molar-refractivity contribution in [2.45, 2.75) is 71.6 Å². The molecule has 0 aliphatic carbocycles. The van der Waals surface area contributed by atoms with E-state index in [2.05, 4.69) is 24.5 Å². The fraction of sp³-hybridized carbons (Fsp3) is 0.824. The second-order valence-corrected chi connectivity index (χ2v) is 8.63. The highest BCUT2D eigenvalue weighted by Crippen LogP contribution is 2.15. The molecule has 0 spiro atoms. The molecule has 1 aliphatic rings. The maximum atomic E-state index is 12.2. The molecule has 0 bridgehead atoms. The van der Waals surface area contributed by atoms with Crippen molar-refractivity contribution >= 4 is 29.5 Å². The van der Waals surface area contributed by atoms with Crippen LogP contribution in [0.2, 0.25) is 0 Å². The van der Waals surface area contributed by atoms with Crippen molar-refractivity contribution in [1.29, 1.82) is 0 Å². The van der Waals surface area contributed by atoms with Gasteiger partial charge in [0.1, 0.15) is 11.6 Å². The Hall–Kier alpha value is -1.24. The third kappa shape index (κ3) is 8.57. The fourth-order valence-electron chi connectivity index (χ4n) is 2.51. The van der Waals surface area contributed by atoms with E-state index in [-0.39, 0.29) is 29.6 Å². The van der Waals surface area contributed by atoms with Gasteiger partial charge in [0.25, 0.3) is 0 Å². The van der Waals surface area contributed by atoms with Gasteiger partial charge in [0, 0.05) is 18.2 Å². The van der Waals surface area contributed by atoms with Crippen molar-refractivity contribution in [2.24, 2.45) is 5.92 Å². The van der Waals surface area contributed by atoms with Gasteiger partial charge < -0.3 is 15.4 Å². The highest BCUT2D eigenvalue weighted by molar-refractivity contribution is 7.99. The van der Waals surface area contributed by atoms with Gasteiger partial charge in [-0.15, -0.1) is 11.8 Å². The van der Waals surface area contributed by atoms with Gasteiger partial charge in [0.05, 0.1) is 5.75 Å². The number of nitrogens with one attached hydrogen (secondary N) is 2. The number of carbonyl (C=O) groups is 3. The minimum absolute atomic E-state index is 0.0255. The summed E-state index contributed by atoms with van der Waals surface area (Å²) in [6.45, 7) is 9.71. The normalized spacial score (nSPS) is 19.1. The molecule has 7 heteroatoms. The minimum atomic E-state index is -0.482. The van der Waals surface area contributed by atoms with E-state index in [0.29, 0.717) is 24.5 Å². The van der Waals surface area contributed by atoms with Crippen molar-refractivity contribution in [2.75, 3.05) is 11.5 Å². The Morgan fingerprint density at radius 2 is 2.04 bits per heavy atom. The molecular weight excluding hydrogens is 328 g/mol. The molecule has 0 aromatic heterocycles. The van der Waals surface area contributed by atoms with Crippen LogP contribution in [-0.2, 0) is 19.1 Å². The lowest BCUT2D eigenvalue weighted by molar-refractivity contribution is -0.151. The summed E-state index contributed by atoms with van der Waals surface area (Å²) < 4.78 is 5.28. The van der Waals surface area contributed by atoms with Crippen LogP contribution in [0.3, 0.4) is 0 Å². The van der Waals surface area contributed by atoms with Crippen LogP contribution in [0.15, 0.2) is 0 Å². The molecule has 2 N–H and O–H groups in total. The zero-order valence-electron chi connectivity index (χ0n) is 15.3. The molecule has 1 aliphatic heterocycles. The number of ether oxygens (including phenoxy) is 1. The Bertz CT molecular complexity index is 460. The number of esters is 1. The molecule has 0 radical (unpaired) electrons. The van der Waals surface area contributed by atoms with E-state index < -0.39 is 11.6 Å². The Morgan fingerprint density at radius 3 is 2.54 bits per heavy atom. The lowest BCUT2D eigenvalue weighted by atomic mass is 10.0. The molecule has 2 amide bonds. The van der Waals surface area contributed by atoms with Gasteiger partial charge in [-0.25, -0.2) is 0 Å². The first-order valence-electron chi connectivity index (χ1n) is 8.46. The predicted molar refractivity (Wildman–Crippen MR) is 95.7 cm³/mol. The molecule has 0 aromatic carbocycles. The lowest BCUT2D eigenvalue weighted by Gasteiger charge is -2.23. The molecule has 1 rings (SSSR count). The summed E-state index contributed by atoms with van der Waals surface area (Å²) >= 11 is 1.46. The number of amides is 2. The highest BCUT2D eigenvalue weighted by Gasteiger charge is 2.28. The maximum Gasteiger partial charge on any atom is 0.316 e. The van der Waals surface area contributed by atoms with Crippen LogP contribution in [0.5, 0.6) is 0 Å². The van der Waals surface area contributed by atoms with E-state index in [1.165, 1.54) is 11.8 Å². The quantitative estimate of drug-likeness (QED) is 0.647. The Kier molecular flexibility index (Phi) is 8.06. The SMILES string of the molecule is CC(C)C[C@H](CSCC(=O)OC(C)(C)C)NC(=O)[C@@H]1CCC(=O)N1. The van der Waals surface area contributed by atoms with Crippen molar-refractivity contribution < 1.29 is 19.1 Å². The van der Waals surface area contributed by atoms with Gasteiger partial charge in [-0.3, -0.25) is 14.4 Å². The topological polar surface area (TPSA) is 84.5 Å². The molecule has 1 fully saturated rings. The largest absolute Gasteiger partial charge is 0.459 e. The molecule has 0 aromatic rings. The standard InChI is InChI=1S/C17H30N2O4S/c1-11(2)8-12(9-24-10-15(21)23-17(3,4)5)18-16(22)13-6-7-14(20)19-13/h11-13H,6-10H2,1-5H3,(H,18,22)(H,19,20)/t12-,13+/m1/s1. The van der Waals surface area contributed by atoms with Gasteiger partial charge in [-0.2, -0.15) is 0 Å². The van der Waals surface area contributed by atoms with Crippen molar-refractivity contribution in [3.63, 3.8) is 0 Å². The number of carbonyl (C=O) groups excluding carboxylic acids is 3. The third-order valence-electron chi connectivity index (χ3n) is 3.37. The lowest BCUT2D eigenvalue weighted by Crippen LogP contribution is -2.47. The van der Waals surface area contributed by atoms with Crippen LogP contribution in [0, 0.1) is 5.92 Å². The van der Waals surface area contributed by atoms with Crippen molar-refractivity contribution in [3.8, 4) is 0 Å². The Balaban J connectivity index is 2.43. The van der Waals surface area contributed by atoms with Crippen molar-refractivity contribution in [1.82, 2.24) is 10.6 Å². The molecule has 0 saturated carbocycles. The number of hydrogen-bond acceptors (Lipinski definition) is 5. The number of thioether (sulfide) groups is 1. The first-order valence-corrected chi connectivity index (χ1v) is 9.61. The fourth-order valence-corrected chi connectivity index (χ4v) is 3.35. The summed E-state index contributed by atoms with van der Waals surface area (Å²) in [5.41, 5.74) is -0.482. The van der Waals surface area contributed by atoms with Crippen LogP contribution >= 0.6 is 11.8 Å². The predicted octanol–water partition coefficient (Wildman–Crippen LogP) is 1.87. The van der Waals surface area contributed by atoms with Crippen LogP contribution in [0.1, 0.15) is 53.9 Å². The van der Waals surface area contributed by atoms with E-state index in [9.17, 15) is 14.4 Å². The van der Waals surface area contributed by atoms with Crippen LogP contribution < -0.4 is 10.6 Å². The number of rotatable bonds is 8. The zero-order valence-corrected chi connectivity index (χ0v) is 16.1. The molecule has 24 heavy (non-hydrogen) atoms. The van der Waals surface area contributed by atoms with E-state index in [1.54, 1.807) is 0 Å². The van der Waals surface area contributed by atoms with E-state index >= 15 is 0 Å². The summed E-state index contributed by atoms with van der Waals surface area (Å²) in [6, 6.07) is -0.453. The summed E-state index contributed by atoms with van der Waals surface area (Å²) in [5, 5.41) is 5.69. The van der Waals surface area contributed by atoms with Gasteiger partial charge in [0.15, 0.2) is 0 Å². The Labute approximate surface area is 148 Å². The minimum Gasteiger partial charge on any atom is -0.459 e. The number of hydrogen-bond donors (Lipinski definition) is 2. The smallest absolute Gasteiger partial charge is 0.316 e. The van der Waals surface area contributed by atoms with E-state index in [4.69, 9.17) is 4.74 Å². The van der Waals surface area contributed by atoms with Gasteiger partial charge >= 0.3 is 5.97 Å². The molecule has 6 nitrogen and oxygen atoms in total. The van der Waals surface area contributed by atoms with Gasteiger partial charge in [-0.05, 0) is 39.5 Å². The van der Waals surface area contributed by atoms with E-state index in [0.717, 1.165) is 6.42 Å². The molecule has 1 heterocycles.